The van der Waals surface area contributed by atoms with Gasteiger partial charge in [0.1, 0.15) is 0 Å². The molecule has 1 saturated carbocycles. The summed E-state index contributed by atoms with van der Waals surface area (Å²) < 4.78 is 0. The maximum atomic E-state index is 11.0. The van der Waals surface area contributed by atoms with Crippen molar-refractivity contribution in [3.05, 3.63) is 0 Å². The first-order valence-electron chi connectivity index (χ1n) is 8.43. The largest absolute Gasteiger partial charge is 0.481 e. The van der Waals surface area contributed by atoms with E-state index in [4.69, 9.17) is 5.11 Å². The van der Waals surface area contributed by atoms with Gasteiger partial charge in [-0.1, -0.05) is 50.7 Å². The van der Waals surface area contributed by atoms with Gasteiger partial charge in [0, 0.05) is 8.80 Å². The van der Waals surface area contributed by atoms with E-state index in [2.05, 4.69) is 6.92 Å². The number of unbranched alkanes of at least 4 members (excludes halogenated alkanes) is 1. The van der Waals surface area contributed by atoms with E-state index in [-0.39, 0.29) is 14.7 Å². The molecule has 0 radical (unpaired) electrons. The van der Waals surface area contributed by atoms with E-state index in [0.29, 0.717) is 0 Å². The summed E-state index contributed by atoms with van der Waals surface area (Å²) in [6, 6.07) is 4.72. The van der Waals surface area contributed by atoms with E-state index in [1.807, 2.05) is 0 Å². The fourth-order valence-corrected chi connectivity index (χ4v) is 7.93. The van der Waals surface area contributed by atoms with E-state index in [1.165, 1.54) is 38.5 Å². The van der Waals surface area contributed by atoms with Crippen molar-refractivity contribution < 1.29 is 9.90 Å². The van der Waals surface area contributed by atoms with Crippen LogP contribution in [0.25, 0.3) is 0 Å². The summed E-state index contributed by atoms with van der Waals surface area (Å²) >= 11 is 0. The zero-order valence-electron chi connectivity index (χ0n) is 12.4. The molecular formula is C16H30O2Si. The first-order valence-corrected chi connectivity index (χ1v) is 10.9. The molecule has 2 nitrogen and oxygen atoms in total. The van der Waals surface area contributed by atoms with E-state index in [1.54, 1.807) is 18.1 Å². The molecule has 1 N–H and O–H groups in total. The summed E-state index contributed by atoms with van der Waals surface area (Å²) in [5, 5.41) is 9.06. The average Bonchev–Trinajstić information content (AvgIpc) is 2.46. The summed E-state index contributed by atoms with van der Waals surface area (Å²) in [6.45, 7) is 2.31. The van der Waals surface area contributed by atoms with Crippen LogP contribution in [0.5, 0.6) is 0 Å². The van der Waals surface area contributed by atoms with Gasteiger partial charge in [0.2, 0.25) is 0 Å². The monoisotopic (exact) mass is 282 g/mol. The SMILES string of the molecule is CCCC[SiH]1CCC([C@H]2CC[C@H](C(=O)O)CC2)CC1. The van der Waals surface area contributed by atoms with Crippen LogP contribution in [-0.2, 0) is 4.79 Å². The fourth-order valence-electron chi connectivity index (χ4n) is 4.28. The molecule has 0 aromatic carbocycles. The van der Waals surface area contributed by atoms with Gasteiger partial charge in [0.15, 0.2) is 0 Å². The van der Waals surface area contributed by atoms with E-state index >= 15 is 0 Å². The van der Waals surface area contributed by atoms with Gasteiger partial charge in [-0.3, -0.25) is 4.79 Å². The van der Waals surface area contributed by atoms with Crippen LogP contribution < -0.4 is 0 Å². The van der Waals surface area contributed by atoms with Crippen LogP contribution in [-0.4, -0.2) is 19.9 Å². The second-order valence-electron chi connectivity index (χ2n) is 6.87. The second kappa shape index (κ2) is 7.46. The van der Waals surface area contributed by atoms with Gasteiger partial charge in [-0.15, -0.1) is 0 Å². The maximum Gasteiger partial charge on any atom is 0.306 e. The second-order valence-corrected chi connectivity index (χ2v) is 10.3. The molecule has 2 rings (SSSR count). The van der Waals surface area contributed by atoms with Crippen LogP contribution in [0.4, 0.5) is 0 Å². The molecule has 0 amide bonds. The maximum absolute atomic E-state index is 11.0. The molecule has 1 heterocycles. The normalized spacial score (nSPS) is 36.1. The van der Waals surface area contributed by atoms with Gasteiger partial charge < -0.3 is 5.11 Å². The highest BCUT2D eigenvalue weighted by atomic mass is 28.3. The molecule has 0 spiro atoms. The van der Waals surface area contributed by atoms with Crippen LogP contribution in [0.2, 0.25) is 18.1 Å². The number of hydrogen-bond acceptors (Lipinski definition) is 1. The number of carboxylic acid groups (broad SMARTS) is 1. The summed E-state index contributed by atoms with van der Waals surface area (Å²) in [7, 11) is -0.359. The Morgan fingerprint density at radius 1 is 1.05 bits per heavy atom. The number of hydrogen-bond donors (Lipinski definition) is 1. The number of carbonyl (C=O) groups is 1. The highest BCUT2D eigenvalue weighted by molar-refractivity contribution is 6.58. The molecule has 110 valence electrons. The Morgan fingerprint density at radius 3 is 2.16 bits per heavy atom. The lowest BCUT2D eigenvalue weighted by molar-refractivity contribution is -0.143. The average molecular weight is 282 g/mol. The third-order valence-electron chi connectivity index (χ3n) is 5.65. The third-order valence-corrected chi connectivity index (χ3v) is 9.17. The third kappa shape index (κ3) is 4.33. The zero-order valence-corrected chi connectivity index (χ0v) is 13.6. The van der Waals surface area contributed by atoms with E-state index < -0.39 is 5.97 Å². The molecule has 2 fully saturated rings. The highest BCUT2D eigenvalue weighted by Crippen LogP contribution is 2.40. The summed E-state index contributed by atoms with van der Waals surface area (Å²) in [6.07, 6.45) is 10.0. The fraction of sp³-hybridized carbons (Fsp3) is 0.938. The Hall–Kier alpha value is -0.313. The van der Waals surface area contributed by atoms with E-state index in [9.17, 15) is 4.79 Å². The van der Waals surface area contributed by atoms with Crippen molar-refractivity contribution in [2.45, 2.75) is 76.4 Å². The molecule has 1 aliphatic carbocycles. The lowest BCUT2D eigenvalue weighted by atomic mass is 9.74. The van der Waals surface area contributed by atoms with Crippen molar-refractivity contribution in [1.82, 2.24) is 0 Å². The molecule has 0 aromatic heterocycles. The molecule has 3 heteroatoms. The smallest absolute Gasteiger partial charge is 0.306 e. The molecular weight excluding hydrogens is 252 g/mol. The van der Waals surface area contributed by atoms with Gasteiger partial charge in [-0.05, 0) is 37.5 Å². The van der Waals surface area contributed by atoms with Crippen LogP contribution in [0, 0.1) is 17.8 Å². The first-order chi connectivity index (χ1) is 9.20. The van der Waals surface area contributed by atoms with Gasteiger partial charge in [0.25, 0.3) is 0 Å². The van der Waals surface area contributed by atoms with Gasteiger partial charge in [0.05, 0.1) is 5.92 Å². The van der Waals surface area contributed by atoms with Crippen LogP contribution in [0.1, 0.15) is 58.3 Å². The Bertz CT molecular complexity index is 276. The molecule has 0 bridgehead atoms. The van der Waals surface area contributed by atoms with Gasteiger partial charge in [-0.25, -0.2) is 0 Å². The van der Waals surface area contributed by atoms with Crippen molar-refractivity contribution in [2.24, 2.45) is 17.8 Å². The van der Waals surface area contributed by atoms with E-state index in [0.717, 1.165) is 24.7 Å². The summed E-state index contributed by atoms with van der Waals surface area (Å²) in [5.74, 6) is 1.21. The first kappa shape index (κ1) is 15.1. The number of rotatable bonds is 5. The van der Waals surface area contributed by atoms with Crippen molar-refractivity contribution in [3.63, 3.8) is 0 Å². The Balaban J connectivity index is 1.69. The van der Waals surface area contributed by atoms with Crippen LogP contribution >= 0.6 is 0 Å². The molecule has 1 aliphatic heterocycles. The number of carboxylic acids is 1. The summed E-state index contributed by atoms with van der Waals surface area (Å²) in [4.78, 5) is 11.0. The predicted molar refractivity (Wildman–Crippen MR) is 82.3 cm³/mol. The number of aliphatic carboxylic acids is 1. The predicted octanol–water partition coefficient (Wildman–Crippen LogP) is 4.31. The highest BCUT2D eigenvalue weighted by Gasteiger charge is 2.32. The molecule has 0 unspecified atom stereocenters. The van der Waals surface area contributed by atoms with Crippen molar-refractivity contribution in [3.8, 4) is 0 Å². The van der Waals surface area contributed by atoms with Crippen molar-refractivity contribution in [2.75, 3.05) is 0 Å². The molecule has 0 atom stereocenters. The topological polar surface area (TPSA) is 37.3 Å². The Labute approximate surface area is 119 Å². The Morgan fingerprint density at radius 2 is 1.63 bits per heavy atom. The quantitative estimate of drug-likeness (QED) is 0.763. The van der Waals surface area contributed by atoms with Crippen molar-refractivity contribution in [1.29, 1.82) is 0 Å². The lowest BCUT2D eigenvalue weighted by Crippen LogP contribution is -2.30. The zero-order chi connectivity index (χ0) is 13.7. The van der Waals surface area contributed by atoms with Crippen molar-refractivity contribution >= 4 is 14.8 Å². The minimum atomic E-state index is -0.561. The lowest BCUT2D eigenvalue weighted by Gasteiger charge is -2.36. The Kier molecular flexibility index (Phi) is 5.93. The minimum absolute atomic E-state index is 0.0356. The van der Waals surface area contributed by atoms with Crippen LogP contribution in [0.15, 0.2) is 0 Å². The molecule has 2 aliphatic rings. The van der Waals surface area contributed by atoms with Gasteiger partial charge >= 0.3 is 5.97 Å². The molecule has 0 aromatic rings. The molecule has 19 heavy (non-hydrogen) atoms. The molecule has 1 saturated heterocycles. The van der Waals surface area contributed by atoms with Crippen LogP contribution in [0.3, 0.4) is 0 Å². The van der Waals surface area contributed by atoms with Gasteiger partial charge in [-0.2, -0.15) is 0 Å². The summed E-state index contributed by atoms with van der Waals surface area (Å²) in [5.41, 5.74) is 0. The minimum Gasteiger partial charge on any atom is -0.481 e. The standard InChI is InChI=1S/C16H30O2Si/c1-2-3-10-19-11-8-14(9-12-19)13-4-6-15(7-5-13)16(17)18/h13-15,19H,2-12H2,1H3,(H,17,18)/t13-,14?,15-,19?.